The lowest BCUT2D eigenvalue weighted by Gasteiger charge is -2.32. The molecular weight excluding hydrogens is 370 g/mol. The molecule has 5 heteroatoms. The Hall–Kier alpha value is -1.85. The molecule has 2 unspecified atom stereocenters. The Morgan fingerprint density at radius 3 is 2.67 bits per heavy atom. The van der Waals surface area contributed by atoms with Crippen LogP contribution in [-0.2, 0) is 4.79 Å². The average Bonchev–Trinajstić information content (AvgIpc) is 3.07. The highest BCUT2D eigenvalue weighted by Gasteiger charge is 2.36. The van der Waals surface area contributed by atoms with E-state index in [4.69, 9.17) is 4.74 Å². The van der Waals surface area contributed by atoms with Crippen molar-refractivity contribution in [2.75, 3.05) is 13.7 Å². The van der Waals surface area contributed by atoms with E-state index in [0.29, 0.717) is 6.42 Å². The molecule has 1 aliphatic rings. The number of benzene rings is 2. The number of methoxy groups -OCH3 is 1. The second-order valence-electron chi connectivity index (χ2n) is 5.96. The fourth-order valence-corrected chi connectivity index (χ4v) is 3.66. The van der Waals surface area contributed by atoms with Gasteiger partial charge in [-0.15, -0.1) is 0 Å². The van der Waals surface area contributed by atoms with E-state index in [1.54, 1.807) is 7.11 Å². The molecule has 2 atom stereocenters. The monoisotopic (exact) mass is 389 g/mol. The van der Waals surface area contributed by atoms with Crippen molar-refractivity contribution in [1.82, 2.24) is 4.90 Å². The van der Waals surface area contributed by atoms with E-state index in [2.05, 4.69) is 20.8 Å². The molecule has 1 N–H and O–H groups in total. The first-order valence-electron chi connectivity index (χ1n) is 7.98. The summed E-state index contributed by atoms with van der Waals surface area (Å²) in [5, 5.41) is 9.60. The molecule has 2 aromatic carbocycles. The van der Waals surface area contributed by atoms with Crippen LogP contribution < -0.4 is 4.74 Å². The van der Waals surface area contributed by atoms with Crippen LogP contribution in [0.4, 0.5) is 0 Å². The minimum absolute atomic E-state index is 0.100. The van der Waals surface area contributed by atoms with Gasteiger partial charge in [-0.1, -0.05) is 40.2 Å². The van der Waals surface area contributed by atoms with E-state index in [0.717, 1.165) is 34.3 Å². The van der Waals surface area contributed by atoms with Gasteiger partial charge in [-0.2, -0.15) is 0 Å². The van der Waals surface area contributed by atoms with Gasteiger partial charge in [0.05, 0.1) is 13.2 Å². The molecule has 1 heterocycles. The Kier molecular flexibility index (Phi) is 5.21. The van der Waals surface area contributed by atoms with Gasteiger partial charge in [0.25, 0.3) is 0 Å². The summed E-state index contributed by atoms with van der Waals surface area (Å²) < 4.78 is 6.36. The number of carboxylic acids is 1. The summed E-state index contributed by atoms with van der Waals surface area (Å²) in [5.74, 6) is 0.0261. The Morgan fingerprint density at radius 1 is 1.25 bits per heavy atom. The lowest BCUT2D eigenvalue weighted by molar-refractivity contribution is -0.142. The van der Waals surface area contributed by atoms with Crippen LogP contribution in [0.3, 0.4) is 0 Å². The van der Waals surface area contributed by atoms with Gasteiger partial charge in [-0.3, -0.25) is 9.69 Å². The Labute approximate surface area is 150 Å². The lowest BCUT2D eigenvalue weighted by Crippen LogP contribution is -2.39. The smallest absolute Gasteiger partial charge is 0.320 e. The largest absolute Gasteiger partial charge is 0.497 e. The lowest BCUT2D eigenvalue weighted by atomic mass is 9.96. The number of hydrogen-bond acceptors (Lipinski definition) is 3. The third-order valence-electron chi connectivity index (χ3n) is 4.51. The fraction of sp³-hybridized carbons (Fsp3) is 0.316. The number of nitrogens with zero attached hydrogens (tertiary/aromatic N) is 1. The van der Waals surface area contributed by atoms with E-state index in [1.165, 1.54) is 0 Å². The zero-order valence-electron chi connectivity index (χ0n) is 13.5. The van der Waals surface area contributed by atoms with Gasteiger partial charge in [0, 0.05) is 11.0 Å². The first-order valence-corrected chi connectivity index (χ1v) is 8.77. The number of rotatable bonds is 5. The molecule has 0 aromatic heterocycles. The molecule has 0 saturated carbocycles. The molecule has 1 saturated heterocycles. The van der Waals surface area contributed by atoms with Crippen LogP contribution in [0.2, 0.25) is 0 Å². The van der Waals surface area contributed by atoms with Gasteiger partial charge >= 0.3 is 5.97 Å². The van der Waals surface area contributed by atoms with Gasteiger partial charge in [-0.05, 0) is 48.2 Å². The first kappa shape index (κ1) is 17.0. The highest BCUT2D eigenvalue weighted by atomic mass is 79.9. The van der Waals surface area contributed by atoms with Crippen molar-refractivity contribution in [2.24, 2.45) is 0 Å². The third kappa shape index (κ3) is 3.47. The molecule has 3 rings (SSSR count). The molecule has 0 spiro atoms. The van der Waals surface area contributed by atoms with Crippen LogP contribution >= 0.6 is 15.9 Å². The predicted octanol–water partition coefficient (Wildman–Crippen LogP) is 4.10. The van der Waals surface area contributed by atoms with Crippen molar-refractivity contribution in [2.45, 2.75) is 24.9 Å². The summed E-state index contributed by atoms with van der Waals surface area (Å²) >= 11 is 3.46. The van der Waals surface area contributed by atoms with Crippen LogP contribution in [0.15, 0.2) is 53.0 Å². The van der Waals surface area contributed by atoms with E-state index in [9.17, 15) is 9.90 Å². The maximum Gasteiger partial charge on any atom is 0.320 e. The van der Waals surface area contributed by atoms with Crippen molar-refractivity contribution in [3.05, 3.63) is 64.1 Å². The van der Waals surface area contributed by atoms with Crippen LogP contribution in [0.5, 0.6) is 5.75 Å². The minimum atomic E-state index is -0.752. The zero-order valence-corrected chi connectivity index (χ0v) is 15.1. The second-order valence-corrected chi connectivity index (χ2v) is 6.88. The van der Waals surface area contributed by atoms with Crippen LogP contribution in [-0.4, -0.2) is 35.7 Å². The number of carboxylic acid groups (broad SMARTS) is 1. The molecule has 0 amide bonds. The standard InChI is InChI=1S/C19H20BrNO3/c1-24-16-5-2-4-14(12-16)18(13-7-9-15(20)10-8-13)21-11-3-6-17(21)19(22)23/h2,4-5,7-10,12,17-18H,3,6,11H2,1H3,(H,22,23). The number of halogens is 1. The van der Waals surface area contributed by atoms with Gasteiger partial charge in [0.1, 0.15) is 11.8 Å². The van der Waals surface area contributed by atoms with Crippen molar-refractivity contribution < 1.29 is 14.6 Å². The highest BCUT2D eigenvalue weighted by molar-refractivity contribution is 9.10. The van der Waals surface area contributed by atoms with Crippen molar-refractivity contribution in [3.63, 3.8) is 0 Å². The van der Waals surface area contributed by atoms with E-state index >= 15 is 0 Å². The fourth-order valence-electron chi connectivity index (χ4n) is 3.40. The summed E-state index contributed by atoms with van der Waals surface area (Å²) in [4.78, 5) is 13.8. The number of ether oxygens (including phenoxy) is 1. The van der Waals surface area contributed by atoms with Crippen LogP contribution in [0, 0.1) is 0 Å². The van der Waals surface area contributed by atoms with Crippen LogP contribution in [0.25, 0.3) is 0 Å². The molecule has 2 aromatic rings. The second kappa shape index (κ2) is 7.36. The summed E-state index contributed by atoms with van der Waals surface area (Å²) in [6.45, 7) is 0.773. The van der Waals surface area contributed by atoms with Gasteiger partial charge < -0.3 is 9.84 Å². The third-order valence-corrected chi connectivity index (χ3v) is 5.03. The molecular formula is C19H20BrNO3. The van der Waals surface area contributed by atoms with Crippen molar-refractivity contribution in [1.29, 1.82) is 0 Å². The summed E-state index contributed by atoms with van der Waals surface area (Å²) in [5.41, 5.74) is 2.13. The van der Waals surface area contributed by atoms with Crippen LogP contribution in [0.1, 0.15) is 30.0 Å². The maximum absolute atomic E-state index is 11.7. The predicted molar refractivity (Wildman–Crippen MR) is 96.3 cm³/mol. The van der Waals surface area contributed by atoms with E-state index < -0.39 is 12.0 Å². The minimum Gasteiger partial charge on any atom is -0.497 e. The van der Waals surface area contributed by atoms with Gasteiger partial charge in [-0.25, -0.2) is 0 Å². The molecule has 0 radical (unpaired) electrons. The van der Waals surface area contributed by atoms with E-state index in [-0.39, 0.29) is 6.04 Å². The summed E-state index contributed by atoms with van der Waals surface area (Å²) in [6.07, 6.45) is 1.58. The molecule has 1 aliphatic heterocycles. The zero-order chi connectivity index (χ0) is 17.1. The first-order chi connectivity index (χ1) is 11.6. The summed E-state index contributed by atoms with van der Waals surface area (Å²) in [7, 11) is 1.64. The van der Waals surface area contributed by atoms with Gasteiger partial charge in [0.15, 0.2) is 0 Å². The number of likely N-dealkylation sites (tertiary alicyclic amines) is 1. The maximum atomic E-state index is 11.7. The number of hydrogen-bond donors (Lipinski definition) is 1. The molecule has 0 aliphatic carbocycles. The molecule has 24 heavy (non-hydrogen) atoms. The molecule has 4 nitrogen and oxygen atoms in total. The Morgan fingerprint density at radius 2 is 2.00 bits per heavy atom. The van der Waals surface area contributed by atoms with E-state index in [1.807, 2.05) is 48.5 Å². The molecule has 126 valence electrons. The number of carbonyl (C=O) groups is 1. The molecule has 0 bridgehead atoms. The SMILES string of the molecule is COc1cccc(C(c2ccc(Br)cc2)N2CCCC2C(=O)O)c1. The highest BCUT2D eigenvalue weighted by Crippen LogP contribution is 2.36. The Bertz CT molecular complexity index is 717. The van der Waals surface area contributed by atoms with Crippen molar-refractivity contribution in [3.8, 4) is 5.75 Å². The normalized spacial score (nSPS) is 19.2. The number of aliphatic carboxylic acids is 1. The quantitative estimate of drug-likeness (QED) is 0.836. The topological polar surface area (TPSA) is 49.8 Å². The average molecular weight is 390 g/mol. The summed E-state index contributed by atoms with van der Waals surface area (Å²) in [6, 6.07) is 15.4. The molecule has 1 fully saturated rings. The Balaban J connectivity index is 2.06. The van der Waals surface area contributed by atoms with Gasteiger partial charge in [0.2, 0.25) is 0 Å². The van der Waals surface area contributed by atoms with Crippen molar-refractivity contribution >= 4 is 21.9 Å².